The van der Waals surface area contributed by atoms with Gasteiger partial charge in [0, 0.05) is 18.3 Å². The molecule has 1 rings (SSSR count). The van der Waals surface area contributed by atoms with Gasteiger partial charge in [0.1, 0.15) is 0 Å². The van der Waals surface area contributed by atoms with Crippen molar-refractivity contribution in [3.8, 4) is 0 Å². The van der Waals surface area contributed by atoms with Gasteiger partial charge < -0.3 is 10.1 Å². The molecule has 0 aromatic carbocycles. The molecule has 0 aliphatic heterocycles. The Kier molecular flexibility index (Phi) is 5.10. The minimum absolute atomic E-state index is 0.130. The zero-order valence-corrected chi connectivity index (χ0v) is 9.89. The highest BCUT2D eigenvalue weighted by molar-refractivity contribution is 7.13. The van der Waals surface area contributed by atoms with Crippen molar-refractivity contribution >= 4 is 22.4 Å². The second-order valence-electron chi connectivity index (χ2n) is 3.13. The molecule has 1 aromatic heterocycles. The Morgan fingerprint density at radius 2 is 2.47 bits per heavy atom. The molecule has 0 atom stereocenters. The predicted molar refractivity (Wildman–Crippen MR) is 61.2 cm³/mol. The number of rotatable bonds is 6. The number of nitrogens with zero attached hydrogens (tertiary/aromatic N) is 1. The van der Waals surface area contributed by atoms with Crippen LogP contribution in [-0.4, -0.2) is 24.1 Å². The van der Waals surface area contributed by atoms with Crippen molar-refractivity contribution in [2.45, 2.75) is 26.7 Å². The van der Waals surface area contributed by atoms with Crippen LogP contribution >= 0.6 is 11.3 Å². The Hall–Kier alpha value is -1.10. The van der Waals surface area contributed by atoms with Gasteiger partial charge in [-0.2, -0.15) is 0 Å². The lowest BCUT2D eigenvalue weighted by Gasteiger charge is -2.02. The van der Waals surface area contributed by atoms with E-state index in [4.69, 9.17) is 4.74 Å². The van der Waals surface area contributed by atoms with Crippen molar-refractivity contribution in [3.63, 3.8) is 0 Å². The first-order valence-corrected chi connectivity index (χ1v) is 5.92. The third-order valence-electron chi connectivity index (χ3n) is 1.76. The molecule has 0 fully saturated rings. The van der Waals surface area contributed by atoms with Crippen molar-refractivity contribution in [2.75, 3.05) is 18.5 Å². The number of aromatic nitrogens is 1. The van der Waals surface area contributed by atoms with Crippen LogP contribution < -0.4 is 5.32 Å². The fourth-order valence-electron chi connectivity index (χ4n) is 1.10. The second kappa shape index (κ2) is 6.40. The molecule has 84 valence electrons. The van der Waals surface area contributed by atoms with Crippen molar-refractivity contribution in [1.82, 2.24) is 4.98 Å². The lowest BCUT2D eigenvalue weighted by atomic mass is 10.3. The van der Waals surface area contributed by atoms with Crippen LogP contribution in [-0.2, 0) is 9.53 Å². The third-order valence-corrected chi connectivity index (χ3v) is 2.68. The first-order chi connectivity index (χ1) is 7.22. The summed E-state index contributed by atoms with van der Waals surface area (Å²) >= 11 is 1.58. The van der Waals surface area contributed by atoms with Gasteiger partial charge in [0.2, 0.25) is 0 Å². The smallest absolute Gasteiger partial charge is 0.305 e. The minimum Gasteiger partial charge on any atom is -0.466 e. The van der Waals surface area contributed by atoms with Gasteiger partial charge in [-0.25, -0.2) is 4.98 Å². The Bertz CT molecular complexity index is 312. The summed E-state index contributed by atoms with van der Waals surface area (Å²) in [6, 6.07) is 0. The summed E-state index contributed by atoms with van der Waals surface area (Å²) < 4.78 is 4.82. The van der Waals surface area contributed by atoms with Gasteiger partial charge in [-0.15, -0.1) is 11.3 Å². The predicted octanol–water partition coefficient (Wildman–Crippen LogP) is 2.21. The van der Waals surface area contributed by atoms with E-state index in [-0.39, 0.29) is 5.97 Å². The topological polar surface area (TPSA) is 51.2 Å². The zero-order valence-electron chi connectivity index (χ0n) is 9.08. The van der Waals surface area contributed by atoms with Gasteiger partial charge in [-0.3, -0.25) is 4.79 Å². The average molecular weight is 228 g/mol. The molecule has 1 heterocycles. The van der Waals surface area contributed by atoms with Crippen molar-refractivity contribution in [2.24, 2.45) is 0 Å². The van der Waals surface area contributed by atoms with Crippen molar-refractivity contribution < 1.29 is 9.53 Å². The average Bonchev–Trinajstić information content (AvgIpc) is 2.60. The lowest BCUT2D eigenvalue weighted by Crippen LogP contribution is -2.08. The molecule has 0 aliphatic rings. The fraction of sp³-hybridized carbons (Fsp3) is 0.600. The van der Waals surface area contributed by atoms with Crippen LogP contribution in [0.15, 0.2) is 5.38 Å². The Morgan fingerprint density at radius 1 is 1.67 bits per heavy atom. The third kappa shape index (κ3) is 4.78. The Morgan fingerprint density at radius 3 is 3.07 bits per heavy atom. The van der Waals surface area contributed by atoms with Gasteiger partial charge in [-0.05, 0) is 20.3 Å². The van der Waals surface area contributed by atoms with Crippen LogP contribution in [0.5, 0.6) is 0 Å². The molecule has 0 radical (unpaired) electrons. The SMILES string of the molecule is CCOC(=O)CCCNc1nc(C)cs1. The molecule has 5 heteroatoms. The number of aryl methyl sites for hydroxylation is 1. The number of ether oxygens (including phenoxy) is 1. The van der Waals surface area contributed by atoms with Gasteiger partial charge in [0.05, 0.1) is 12.3 Å². The van der Waals surface area contributed by atoms with E-state index < -0.39 is 0 Å². The van der Waals surface area contributed by atoms with E-state index in [1.165, 1.54) is 0 Å². The molecular weight excluding hydrogens is 212 g/mol. The van der Waals surface area contributed by atoms with Gasteiger partial charge >= 0.3 is 5.97 Å². The molecule has 0 aliphatic carbocycles. The van der Waals surface area contributed by atoms with Gasteiger partial charge in [-0.1, -0.05) is 0 Å². The quantitative estimate of drug-likeness (QED) is 0.599. The summed E-state index contributed by atoms with van der Waals surface area (Å²) in [4.78, 5) is 15.3. The number of anilines is 1. The molecule has 0 unspecified atom stereocenters. The van der Waals surface area contributed by atoms with Gasteiger partial charge in [0.15, 0.2) is 5.13 Å². The van der Waals surface area contributed by atoms with Crippen LogP contribution in [0.3, 0.4) is 0 Å². The van der Waals surface area contributed by atoms with E-state index in [9.17, 15) is 4.79 Å². The number of carbonyl (C=O) groups is 1. The highest BCUT2D eigenvalue weighted by Gasteiger charge is 2.01. The number of nitrogens with one attached hydrogen (secondary N) is 1. The van der Waals surface area contributed by atoms with Gasteiger partial charge in [0.25, 0.3) is 0 Å². The number of hydrogen-bond donors (Lipinski definition) is 1. The summed E-state index contributed by atoms with van der Waals surface area (Å²) in [5.41, 5.74) is 1.02. The van der Waals surface area contributed by atoms with E-state index in [0.717, 1.165) is 23.8 Å². The Balaban J connectivity index is 2.09. The highest BCUT2D eigenvalue weighted by atomic mass is 32.1. The minimum atomic E-state index is -0.130. The monoisotopic (exact) mass is 228 g/mol. The van der Waals surface area contributed by atoms with E-state index in [2.05, 4.69) is 10.3 Å². The first kappa shape index (κ1) is 12.0. The number of hydrogen-bond acceptors (Lipinski definition) is 5. The number of thiazole rings is 1. The summed E-state index contributed by atoms with van der Waals surface area (Å²) in [5, 5.41) is 6.07. The first-order valence-electron chi connectivity index (χ1n) is 5.04. The summed E-state index contributed by atoms with van der Waals surface area (Å²) in [5.74, 6) is -0.130. The van der Waals surface area contributed by atoms with Crippen LogP contribution in [0.2, 0.25) is 0 Å². The largest absolute Gasteiger partial charge is 0.466 e. The van der Waals surface area contributed by atoms with Crippen molar-refractivity contribution in [1.29, 1.82) is 0 Å². The zero-order chi connectivity index (χ0) is 11.1. The number of esters is 1. The molecule has 1 aromatic rings. The molecular formula is C10H16N2O2S. The standard InChI is InChI=1S/C10H16N2O2S/c1-3-14-9(13)5-4-6-11-10-12-8(2)7-15-10/h7H,3-6H2,1-2H3,(H,11,12). The lowest BCUT2D eigenvalue weighted by molar-refractivity contribution is -0.143. The fourth-order valence-corrected chi connectivity index (χ4v) is 1.81. The van der Waals surface area contributed by atoms with Crippen LogP contribution in [0.25, 0.3) is 0 Å². The summed E-state index contributed by atoms with van der Waals surface area (Å²) in [6.45, 7) is 4.98. The molecule has 0 spiro atoms. The highest BCUT2D eigenvalue weighted by Crippen LogP contribution is 2.14. The molecule has 0 saturated heterocycles. The maximum atomic E-state index is 11.0. The summed E-state index contributed by atoms with van der Waals surface area (Å²) in [6.07, 6.45) is 1.24. The van der Waals surface area contributed by atoms with Crippen LogP contribution in [0.1, 0.15) is 25.5 Å². The van der Waals surface area contributed by atoms with Crippen LogP contribution in [0, 0.1) is 6.92 Å². The van der Waals surface area contributed by atoms with Crippen LogP contribution in [0.4, 0.5) is 5.13 Å². The normalized spacial score (nSPS) is 10.0. The van der Waals surface area contributed by atoms with Crippen molar-refractivity contribution in [3.05, 3.63) is 11.1 Å². The summed E-state index contributed by atoms with van der Waals surface area (Å²) in [7, 11) is 0. The Labute approximate surface area is 93.7 Å². The molecule has 0 amide bonds. The number of carbonyl (C=O) groups excluding carboxylic acids is 1. The second-order valence-corrected chi connectivity index (χ2v) is 3.99. The molecule has 1 N–H and O–H groups in total. The molecule has 15 heavy (non-hydrogen) atoms. The van der Waals surface area contributed by atoms with E-state index >= 15 is 0 Å². The van der Waals surface area contributed by atoms with E-state index in [1.807, 2.05) is 19.2 Å². The van der Waals surface area contributed by atoms with E-state index in [1.54, 1.807) is 11.3 Å². The molecule has 0 bridgehead atoms. The van der Waals surface area contributed by atoms with E-state index in [0.29, 0.717) is 13.0 Å². The molecule has 0 saturated carbocycles. The maximum Gasteiger partial charge on any atom is 0.305 e. The maximum absolute atomic E-state index is 11.0. The molecule has 4 nitrogen and oxygen atoms in total.